The fourth-order valence-corrected chi connectivity index (χ4v) is 1.94. The zero-order valence-electron chi connectivity index (χ0n) is 8.34. The second kappa shape index (κ2) is 4.16. The van der Waals surface area contributed by atoms with Crippen molar-refractivity contribution in [2.75, 3.05) is 13.7 Å². The SMILES string of the molecule is COC(=O)c1cnc2c(c1Cl)CNCC2. The number of nitrogens with one attached hydrogen (secondary N) is 1. The molecule has 4 nitrogen and oxygen atoms in total. The lowest BCUT2D eigenvalue weighted by Crippen LogP contribution is -2.25. The summed E-state index contributed by atoms with van der Waals surface area (Å²) in [6, 6.07) is 0. The minimum Gasteiger partial charge on any atom is -0.465 e. The number of fused-ring (bicyclic) bond motifs is 1. The minimum atomic E-state index is -0.444. The maximum atomic E-state index is 11.4. The van der Waals surface area contributed by atoms with Crippen LogP contribution < -0.4 is 5.32 Å². The van der Waals surface area contributed by atoms with Gasteiger partial charge in [-0.1, -0.05) is 11.6 Å². The molecule has 5 heteroatoms. The van der Waals surface area contributed by atoms with Crippen LogP contribution in [0.3, 0.4) is 0 Å². The summed E-state index contributed by atoms with van der Waals surface area (Å²) >= 11 is 6.12. The highest BCUT2D eigenvalue weighted by Gasteiger charge is 2.20. The Morgan fingerprint density at radius 1 is 1.67 bits per heavy atom. The summed E-state index contributed by atoms with van der Waals surface area (Å²) < 4.78 is 4.62. The fourth-order valence-electron chi connectivity index (χ4n) is 1.63. The van der Waals surface area contributed by atoms with Gasteiger partial charge in [0.05, 0.1) is 17.7 Å². The van der Waals surface area contributed by atoms with Crippen LogP contribution in [0, 0.1) is 0 Å². The molecule has 1 aliphatic heterocycles. The van der Waals surface area contributed by atoms with Gasteiger partial charge in [0.15, 0.2) is 0 Å². The summed E-state index contributed by atoms with van der Waals surface area (Å²) in [5, 5.41) is 3.65. The van der Waals surface area contributed by atoms with Gasteiger partial charge in [-0.05, 0) is 0 Å². The van der Waals surface area contributed by atoms with Crippen molar-refractivity contribution < 1.29 is 9.53 Å². The van der Waals surface area contributed by atoms with Crippen LogP contribution in [0.2, 0.25) is 5.02 Å². The molecule has 0 spiro atoms. The molecule has 0 fully saturated rings. The lowest BCUT2D eigenvalue weighted by atomic mass is 10.1. The number of hydrogen-bond donors (Lipinski definition) is 1. The minimum absolute atomic E-state index is 0.335. The zero-order valence-corrected chi connectivity index (χ0v) is 9.10. The number of carbonyl (C=O) groups excluding carboxylic acids is 1. The van der Waals surface area contributed by atoms with E-state index in [9.17, 15) is 4.79 Å². The van der Waals surface area contributed by atoms with Crippen LogP contribution in [-0.2, 0) is 17.7 Å². The number of esters is 1. The van der Waals surface area contributed by atoms with Gasteiger partial charge < -0.3 is 10.1 Å². The molecule has 1 N–H and O–H groups in total. The van der Waals surface area contributed by atoms with Crippen LogP contribution in [0.5, 0.6) is 0 Å². The molecule has 2 heterocycles. The average molecular weight is 227 g/mol. The Morgan fingerprint density at radius 3 is 3.20 bits per heavy atom. The second-order valence-electron chi connectivity index (χ2n) is 3.33. The molecule has 15 heavy (non-hydrogen) atoms. The Bertz CT molecular complexity index is 407. The van der Waals surface area contributed by atoms with Crippen molar-refractivity contribution in [1.82, 2.24) is 10.3 Å². The molecule has 2 rings (SSSR count). The van der Waals surface area contributed by atoms with Crippen molar-refractivity contribution in [3.63, 3.8) is 0 Å². The summed E-state index contributed by atoms with van der Waals surface area (Å²) in [5.74, 6) is -0.444. The van der Waals surface area contributed by atoms with Crippen LogP contribution in [0.25, 0.3) is 0 Å². The fraction of sp³-hybridized carbons (Fsp3) is 0.400. The molecule has 0 amide bonds. The molecule has 0 bridgehead atoms. The highest BCUT2D eigenvalue weighted by atomic mass is 35.5. The summed E-state index contributed by atoms with van der Waals surface area (Å²) in [6.45, 7) is 1.56. The van der Waals surface area contributed by atoms with Crippen molar-refractivity contribution in [2.24, 2.45) is 0 Å². The third kappa shape index (κ3) is 1.82. The van der Waals surface area contributed by atoms with Crippen LogP contribution in [0.15, 0.2) is 6.20 Å². The van der Waals surface area contributed by atoms with Crippen molar-refractivity contribution >= 4 is 17.6 Å². The first-order valence-electron chi connectivity index (χ1n) is 4.69. The number of nitrogens with zero attached hydrogens (tertiary/aromatic N) is 1. The molecular formula is C10H11ClN2O2. The lowest BCUT2D eigenvalue weighted by Gasteiger charge is -2.18. The van der Waals surface area contributed by atoms with E-state index in [4.69, 9.17) is 11.6 Å². The monoisotopic (exact) mass is 226 g/mol. The van der Waals surface area contributed by atoms with Gasteiger partial charge in [-0.2, -0.15) is 0 Å². The number of pyridine rings is 1. The van der Waals surface area contributed by atoms with E-state index in [1.54, 1.807) is 0 Å². The molecular weight excluding hydrogens is 216 g/mol. The van der Waals surface area contributed by atoms with E-state index in [-0.39, 0.29) is 0 Å². The molecule has 0 atom stereocenters. The van der Waals surface area contributed by atoms with Crippen molar-refractivity contribution in [2.45, 2.75) is 13.0 Å². The van der Waals surface area contributed by atoms with Crippen molar-refractivity contribution in [3.8, 4) is 0 Å². The molecule has 0 saturated heterocycles. The Kier molecular flexibility index (Phi) is 2.88. The first-order chi connectivity index (χ1) is 7.24. The first kappa shape index (κ1) is 10.4. The summed E-state index contributed by atoms with van der Waals surface area (Å²) in [6.07, 6.45) is 2.33. The maximum absolute atomic E-state index is 11.4. The van der Waals surface area contributed by atoms with Crippen molar-refractivity contribution in [3.05, 3.63) is 28.0 Å². The normalized spacial score (nSPS) is 14.5. The van der Waals surface area contributed by atoms with E-state index >= 15 is 0 Å². The molecule has 0 aromatic carbocycles. The molecule has 80 valence electrons. The van der Waals surface area contributed by atoms with Crippen molar-refractivity contribution in [1.29, 1.82) is 0 Å². The van der Waals surface area contributed by atoms with Crippen LogP contribution in [0.4, 0.5) is 0 Å². The van der Waals surface area contributed by atoms with Gasteiger partial charge in [0, 0.05) is 37.0 Å². The second-order valence-corrected chi connectivity index (χ2v) is 3.71. The van der Waals surface area contributed by atoms with Crippen LogP contribution in [0.1, 0.15) is 21.6 Å². The lowest BCUT2D eigenvalue weighted by molar-refractivity contribution is 0.0600. The smallest absolute Gasteiger partial charge is 0.340 e. The highest BCUT2D eigenvalue weighted by molar-refractivity contribution is 6.34. The Balaban J connectivity index is 2.47. The van der Waals surface area contributed by atoms with Gasteiger partial charge in [0.2, 0.25) is 0 Å². The number of aromatic nitrogens is 1. The summed E-state index contributed by atoms with van der Waals surface area (Å²) in [4.78, 5) is 15.6. The third-order valence-corrected chi connectivity index (χ3v) is 2.88. The van der Waals surface area contributed by atoms with E-state index in [2.05, 4.69) is 15.0 Å². The Morgan fingerprint density at radius 2 is 2.47 bits per heavy atom. The Hall–Kier alpha value is -1.13. The predicted molar refractivity (Wildman–Crippen MR) is 56.0 cm³/mol. The molecule has 0 saturated carbocycles. The third-order valence-electron chi connectivity index (χ3n) is 2.44. The number of ether oxygens (including phenoxy) is 1. The number of carbonyl (C=O) groups is 1. The molecule has 0 unspecified atom stereocenters. The van der Waals surface area contributed by atoms with E-state index < -0.39 is 5.97 Å². The topological polar surface area (TPSA) is 51.2 Å². The first-order valence-corrected chi connectivity index (χ1v) is 5.07. The standard InChI is InChI=1S/C10H11ClN2O2/c1-15-10(14)7-5-13-8-2-3-12-4-6(8)9(7)11/h5,12H,2-4H2,1H3. The van der Waals surface area contributed by atoms with Gasteiger partial charge in [0.1, 0.15) is 0 Å². The van der Waals surface area contributed by atoms with Gasteiger partial charge >= 0.3 is 5.97 Å². The van der Waals surface area contributed by atoms with E-state index in [1.165, 1.54) is 13.3 Å². The van der Waals surface area contributed by atoms with Gasteiger partial charge in [-0.15, -0.1) is 0 Å². The highest BCUT2D eigenvalue weighted by Crippen LogP contribution is 2.25. The maximum Gasteiger partial charge on any atom is 0.340 e. The summed E-state index contributed by atoms with van der Waals surface area (Å²) in [5.41, 5.74) is 2.21. The molecule has 1 aromatic heterocycles. The van der Waals surface area contributed by atoms with Crippen LogP contribution >= 0.6 is 11.6 Å². The number of methoxy groups -OCH3 is 1. The van der Waals surface area contributed by atoms with Gasteiger partial charge in [-0.3, -0.25) is 4.98 Å². The zero-order chi connectivity index (χ0) is 10.8. The molecule has 0 aliphatic carbocycles. The Labute approximate surface area is 92.6 Å². The van der Waals surface area contributed by atoms with Crippen LogP contribution in [-0.4, -0.2) is 24.6 Å². The van der Waals surface area contributed by atoms with E-state index in [0.717, 1.165) is 24.2 Å². The number of hydrogen-bond acceptors (Lipinski definition) is 4. The number of halogens is 1. The molecule has 1 aliphatic rings. The average Bonchev–Trinajstić information content (AvgIpc) is 2.29. The van der Waals surface area contributed by atoms with E-state index in [1.807, 2.05) is 0 Å². The van der Waals surface area contributed by atoms with Gasteiger partial charge in [-0.25, -0.2) is 4.79 Å². The van der Waals surface area contributed by atoms with Gasteiger partial charge in [0.25, 0.3) is 0 Å². The quantitative estimate of drug-likeness (QED) is 0.731. The largest absolute Gasteiger partial charge is 0.465 e. The van der Waals surface area contributed by atoms with E-state index in [0.29, 0.717) is 17.1 Å². The summed E-state index contributed by atoms with van der Waals surface area (Å²) in [7, 11) is 1.33. The molecule has 1 aromatic rings. The predicted octanol–water partition coefficient (Wildman–Crippen LogP) is 1.17. The number of rotatable bonds is 1. The molecule has 0 radical (unpaired) electrons.